The molecular weight excluding hydrogens is 360 g/mol. The minimum Gasteiger partial charge on any atom is -0.0683 e. The Labute approximate surface area is 186 Å². The fourth-order valence-electron chi connectivity index (χ4n) is 3.09. The fourth-order valence-corrected chi connectivity index (χ4v) is 3.09. The van der Waals surface area contributed by atoms with E-state index in [4.69, 9.17) is 0 Å². The summed E-state index contributed by atoms with van der Waals surface area (Å²) >= 11 is 0. The third-order valence-corrected chi connectivity index (χ3v) is 4.51. The average Bonchev–Trinajstić information content (AvgIpc) is 2.80. The summed E-state index contributed by atoms with van der Waals surface area (Å²) in [5.74, 6) is 0. The molecule has 0 heterocycles. The lowest BCUT2D eigenvalue weighted by atomic mass is 10.0. The van der Waals surface area contributed by atoms with Crippen molar-refractivity contribution in [3.05, 3.63) is 95.1 Å². The fraction of sp³-hybridized carbons (Fsp3) is 0.333. The topological polar surface area (TPSA) is 0 Å². The summed E-state index contributed by atoms with van der Waals surface area (Å²) in [6, 6.07) is 26.0. The highest BCUT2D eigenvalue weighted by atomic mass is 14.0. The average molecular weight is 403 g/mol. The van der Waals surface area contributed by atoms with Crippen LogP contribution in [0, 0.1) is 27.7 Å². The van der Waals surface area contributed by atoms with Gasteiger partial charge in [0.15, 0.2) is 0 Å². The number of hydrogen-bond acceptors (Lipinski definition) is 0. The third kappa shape index (κ3) is 8.03. The first-order valence-electron chi connectivity index (χ1n) is 11.5. The minimum absolute atomic E-state index is 1.33. The molecule has 30 heavy (non-hydrogen) atoms. The maximum Gasteiger partial charge on any atom is -0.0152 e. The number of hydrogen-bond donors (Lipinski definition) is 0. The SMILES string of the molecule is CC.CC.CC.Cc1ccc2cccc(C)c2c1.Cc1ccc2cccc(C)c2c1. The lowest BCUT2D eigenvalue weighted by Crippen LogP contribution is -1.78. The Balaban J connectivity index is 0.000000450. The van der Waals surface area contributed by atoms with Crippen molar-refractivity contribution < 1.29 is 0 Å². The lowest BCUT2D eigenvalue weighted by Gasteiger charge is -2.01. The zero-order chi connectivity index (χ0) is 23.1. The van der Waals surface area contributed by atoms with E-state index < -0.39 is 0 Å². The number of rotatable bonds is 0. The van der Waals surface area contributed by atoms with Crippen LogP contribution >= 0.6 is 0 Å². The summed E-state index contributed by atoms with van der Waals surface area (Å²) in [4.78, 5) is 0. The largest absolute Gasteiger partial charge is 0.0683 e. The summed E-state index contributed by atoms with van der Waals surface area (Å²) in [6.07, 6.45) is 0. The van der Waals surface area contributed by atoms with Crippen LogP contribution in [0.2, 0.25) is 0 Å². The van der Waals surface area contributed by atoms with Gasteiger partial charge in [-0.2, -0.15) is 0 Å². The summed E-state index contributed by atoms with van der Waals surface area (Å²) < 4.78 is 0. The van der Waals surface area contributed by atoms with Crippen molar-refractivity contribution in [2.45, 2.75) is 69.2 Å². The van der Waals surface area contributed by atoms with Crippen LogP contribution in [0.5, 0.6) is 0 Å². The second kappa shape index (κ2) is 15.3. The molecule has 0 aliphatic rings. The standard InChI is InChI=1S/2C12H12.3C2H6/c2*1-9-6-7-11-5-3-4-10(2)12(11)8-9;3*1-2/h2*3-8H,1-2H3;3*1-2H3. The highest BCUT2D eigenvalue weighted by Gasteiger charge is 1.96. The van der Waals surface area contributed by atoms with Crippen LogP contribution in [-0.4, -0.2) is 0 Å². The van der Waals surface area contributed by atoms with E-state index in [2.05, 4.69) is 100 Å². The molecule has 0 heteroatoms. The first kappa shape index (κ1) is 27.4. The zero-order valence-corrected chi connectivity index (χ0v) is 20.9. The van der Waals surface area contributed by atoms with Crippen molar-refractivity contribution in [3.63, 3.8) is 0 Å². The van der Waals surface area contributed by atoms with Crippen molar-refractivity contribution in [3.8, 4) is 0 Å². The molecule has 0 radical (unpaired) electrons. The third-order valence-electron chi connectivity index (χ3n) is 4.51. The van der Waals surface area contributed by atoms with Gasteiger partial charge in [0.1, 0.15) is 0 Å². The normalized spacial score (nSPS) is 9.00. The number of aryl methyl sites for hydroxylation is 4. The van der Waals surface area contributed by atoms with Gasteiger partial charge in [0, 0.05) is 0 Å². The molecule has 4 aromatic rings. The highest BCUT2D eigenvalue weighted by Crippen LogP contribution is 2.20. The number of benzene rings is 4. The van der Waals surface area contributed by atoms with Crippen molar-refractivity contribution in [1.82, 2.24) is 0 Å². The molecule has 4 rings (SSSR count). The Morgan fingerprint density at radius 1 is 0.400 bits per heavy atom. The van der Waals surface area contributed by atoms with E-state index in [0.29, 0.717) is 0 Å². The highest BCUT2D eigenvalue weighted by molar-refractivity contribution is 5.86. The molecule has 0 spiro atoms. The van der Waals surface area contributed by atoms with Gasteiger partial charge in [-0.1, -0.05) is 125 Å². The van der Waals surface area contributed by atoms with Crippen LogP contribution in [0.25, 0.3) is 21.5 Å². The van der Waals surface area contributed by atoms with E-state index in [0.717, 1.165) is 0 Å². The van der Waals surface area contributed by atoms with E-state index in [1.165, 1.54) is 43.8 Å². The second-order valence-electron chi connectivity index (χ2n) is 6.60. The number of fused-ring (bicyclic) bond motifs is 2. The molecule has 0 N–H and O–H groups in total. The quantitative estimate of drug-likeness (QED) is 0.274. The van der Waals surface area contributed by atoms with E-state index in [1.807, 2.05) is 41.5 Å². The molecule has 0 aliphatic heterocycles. The van der Waals surface area contributed by atoms with Crippen LogP contribution < -0.4 is 0 Å². The summed E-state index contributed by atoms with van der Waals surface area (Å²) in [5, 5.41) is 5.41. The van der Waals surface area contributed by atoms with Gasteiger partial charge in [-0.3, -0.25) is 0 Å². The Bertz CT molecular complexity index is 910. The molecule has 0 atom stereocenters. The summed E-state index contributed by atoms with van der Waals surface area (Å²) in [7, 11) is 0. The smallest absolute Gasteiger partial charge is 0.0152 e. The predicted octanol–water partition coefficient (Wildman–Crippen LogP) is 9.99. The van der Waals surface area contributed by atoms with Gasteiger partial charge < -0.3 is 0 Å². The predicted molar refractivity (Wildman–Crippen MR) is 141 cm³/mol. The molecule has 0 aromatic heterocycles. The Hall–Kier alpha value is -2.60. The van der Waals surface area contributed by atoms with Gasteiger partial charge in [-0.25, -0.2) is 0 Å². The van der Waals surface area contributed by atoms with Gasteiger partial charge in [0.05, 0.1) is 0 Å². The van der Waals surface area contributed by atoms with Gasteiger partial charge in [0.25, 0.3) is 0 Å². The second-order valence-corrected chi connectivity index (χ2v) is 6.60. The van der Waals surface area contributed by atoms with Crippen LogP contribution in [0.3, 0.4) is 0 Å². The molecule has 0 unspecified atom stereocenters. The van der Waals surface area contributed by atoms with E-state index in [9.17, 15) is 0 Å². The van der Waals surface area contributed by atoms with Gasteiger partial charge >= 0.3 is 0 Å². The molecule has 0 amide bonds. The Morgan fingerprint density at radius 2 is 0.733 bits per heavy atom. The molecule has 4 aromatic carbocycles. The maximum absolute atomic E-state index is 2.24. The molecule has 0 saturated heterocycles. The molecule has 0 saturated carbocycles. The molecule has 162 valence electrons. The van der Waals surface area contributed by atoms with Crippen molar-refractivity contribution in [2.24, 2.45) is 0 Å². The zero-order valence-electron chi connectivity index (χ0n) is 20.9. The van der Waals surface area contributed by atoms with Crippen molar-refractivity contribution in [2.75, 3.05) is 0 Å². The lowest BCUT2D eigenvalue weighted by molar-refractivity contribution is 1.47. The molecule has 0 aliphatic carbocycles. The van der Waals surface area contributed by atoms with E-state index in [-0.39, 0.29) is 0 Å². The summed E-state index contributed by atoms with van der Waals surface area (Å²) in [5.41, 5.74) is 5.38. The van der Waals surface area contributed by atoms with Crippen LogP contribution in [0.4, 0.5) is 0 Å². The minimum atomic E-state index is 1.33. The van der Waals surface area contributed by atoms with Crippen LogP contribution in [0.15, 0.2) is 72.8 Å². The van der Waals surface area contributed by atoms with Gasteiger partial charge in [-0.15, -0.1) is 0 Å². The molecule has 0 bridgehead atoms. The van der Waals surface area contributed by atoms with Gasteiger partial charge in [-0.05, 0) is 60.4 Å². The Kier molecular flexibility index (Phi) is 13.9. The summed E-state index contributed by atoms with van der Waals surface area (Å²) in [6.45, 7) is 20.6. The monoisotopic (exact) mass is 402 g/mol. The first-order chi connectivity index (χ1) is 14.5. The maximum atomic E-state index is 2.24. The first-order valence-corrected chi connectivity index (χ1v) is 11.5. The van der Waals surface area contributed by atoms with E-state index >= 15 is 0 Å². The van der Waals surface area contributed by atoms with Gasteiger partial charge in [0.2, 0.25) is 0 Å². The van der Waals surface area contributed by atoms with Crippen molar-refractivity contribution in [1.29, 1.82) is 0 Å². The Morgan fingerprint density at radius 3 is 1.07 bits per heavy atom. The molecule has 0 fully saturated rings. The van der Waals surface area contributed by atoms with Crippen molar-refractivity contribution >= 4 is 21.5 Å². The van der Waals surface area contributed by atoms with Crippen LogP contribution in [0.1, 0.15) is 63.8 Å². The van der Waals surface area contributed by atoms with E-state index in [1.54, 1.807) is 0 Å². The van der Waals surface area contributed by atoms with Crippen LogP contribution in [-0.2, 0) is 0 Å². The molecule has 0 nitrogen and oxygen atoms in total. The molecular formula is C30H42.